The number of anilines is 1. The van der Waals surface area contributed by atoms with Gasteiger partial charge in [-0.2, -0.15) is 0 Å². The lowest BCUT2D eigenvalue weighted by molar-refractivity contribution is -0.139. The van der Waals surface area contributed by atoms with Gasteiger partial charge in [0.05, 0.1) is 11.9 Å². The number of para-hydroxylation sites is 1. The molecule has 186 valence electrons. The molecule has 1 N–H and O–H groups in total. The predicted molar refractivity (Wildman–Crippen MR) is 137 cm³/mol. The number of carbonyl (C=O) groups excluding carboxylic acids is 2. The summed E-state index contributed by atoms with van der Waals surface area (Å²) in [7, 11) is -3.74. The normalized spacial score (nSPS) is 12.1. The van der Waals surface area contributed by atoms with Gasteiger partial charge in [0.15, 0.2) is 0 Å². The summed E-state index contributed by atoms with van der Waals surface area (Å²) in [6, 6.07) is 14.1. The van der Waals surface area contributed by atoms with E-state index in [1.54, 1.807) is 19.1 Å². The average Bonchev–Trinajstić information content (AvgIpc) is 2.81. The molecular weight excluding hydrogens is 450 g/mol. The first kappa shape index (κ1) is 27.4. The molecule has 1 atom stereocenters. The quantitative estimate of drug-likeness (QED) is 0.463. The van der Waals surface area contributed by atoms with Crippen LogP contribution in [-0.2, 0) is 32.6 Å². The first-order valence-electron chi connectivity index (χ1n) is 11.8. The number of aryl methyl sites for hydroxylation is 2. The van der Waals surface area contributed by atoms with E-state index < -0.39 is 22.0 Å². The fourth-order valence-electron chi connectivity index (χ4n) is 3.66. The number of benzene rings is 2. The Morgan fingerprint density at radius 3 is 2.26 bits per heavy atom. The van der Waals surface area contributed by atoms with Crippen molar-refractivity contribution in [3.63, 3.8) is 0 Å². The van der Waals surface area contributed by atoms with Gasteiger partial charge in [0.1, 0.15) is 12.6 Å². The molecule has 1 unspecified atom stereocenters. The fourth-order valence-corrected chi connectivity index (χ4v) is 4.54. The van der Waals surface area contributed by atoms with Gasteiger partial charge >= 0.3 is 0 Å². The van der Waals surface area contributed by atoms with E-state index in [1.807, 2.05) is 57.2 Å². The molecule has 0 aliphatic heterocycles. The first-order chi connectivity index (χ1) is 16.1. The number of hydrogen-bond donors (Lipinski definition) is 1. The molecule has 0 saturated heterocycles. The Balaban J connectivity index is 2.37. The highest BCUT2D eigenvalue weighted by molar-refractivity contribution is 7.92. The molecule has 7 nitrogen and oxygen atoms in total. The van der Waals surface area contributed by atoms with Crippen molar-refractivity contribution >= 4 is 27.5 Å². The van der Waals surface area contributed by atoms with Crippen LogP contribution in [0.25, 0.3) is 0 Å². The highest BCUT2D eigenvalue weighted by atomic mass is 32.2. The minimum Gasteiger partial charge on any atom is -0.354 e. The van der Waals surface area contributed by atoms with Crippen molar-refractivity contribution in [3.05, 3.63) is 65.2 Å². The molecule has 0 radical (unpaired) electrons. The third-order valence-electron chi connectivity index (χ3n) is 5.79. The summed E-state index contributed by atoms with van der Waals surface area (Å²) in [5.41, 5.74) is 3.27. The minimum atomic E-state index is -3.74. The molecular formula is C26H37N3O4S. The van der Waals surface area contributed by atoms with Gasteiger partial charge in [-0.15, -0.1) is 0 Å². The van der Waals surface area contributed by atoms with Crippen molar-refractivity contribution in [3.8, 4) is 0 Å². The number of hydrogen-bond acceptors (Lipinski definition) is 4. The number of carbonyl (C=O) groups is 2. The van der Waals surface area contributed by atoms with E-state index in [0.717, 1.165) is 40.1 Å². The van der Waals surface area contributed by atoms with E-state index in [4.69, 9.17) is 0 Å². The van der Waals surface area contributed by atoms with Gasteiger partial charge < -0.3 is 10.2 Å². The maximum absolute atomic E-state index is 13.6. The van der Waals surface area contributed by atoms with Gasteiger partial charge in [0.25, 0.3) is 0 Å². The van der Waals surface area contributed by atoms with E-state index in [1.165, 1.54) is 4.90 Å². The predicted octanol–water partition coefficient (Wildman–Crippen LogP) is 3.66. The minimum absolute atomic E-state index is 0.203. The molecule has 0 heterocycles. The molecule has 0 aliphatic rings. The molecule has 0 aromatic heterocycles. The zero-order valence-electron chi connectivity index (χ0n) is 20.9. The fraction of sp³-hybridized carbons (Fsp3) is 0.462. The van der Waals surface area contributed by atoms with E-state index in [2.05, 4.69) is 5.32 Å². The van der Waals surface area contributed by atoms with Gasteiger partial charge in [-0.1, -0.05) is 68.3 Å². The van der Waals surface area contributed by atoms with Crippen LogP contribution in [0.2, 0.25) is 0 Å². The van der Waals surface area contributed by atoms with Crippen molar-refractivity contribution in [1.29, 1.82) is 0 Å². The van der Waals surface area contributed by atoms with Gasteiger partial charge in [-0.05, 0) is 43.9 Å². The number of nitrogens with one attached hydrogen (secondary N) is 1. The van der Waals surface area contributed by atoms with Crippen LogP contribution in [0, 0.1) is 6.92 Å². The molecule has 0 saturated carbocycles. The Morgan fingerprint density at radius 1 is 1.03 bits per heavy atom. The van der Waals surface area contributed by atoms with E-state index >= 15 is 0 Å². The number of unbranched alkanes of at least 4 members (excludes halogenated alkanes) is 1. The summed E-state index contributed by atoms with van der Waals surface area (Å²) in [5.74, 6) is -0.691. The van der Waals surface area contributed by atoms with Crippen LogP contribution in [0.3, 0.4) is 0 Å². The monoisotopic (exact) mass is 487 g/mol. The topological polar surface area (TPSA) is 86.8 Å². The summed E-state index contributed by atoms with van der Waals surface area (Å²) in [5, 5.41) is 2.88. The van der Waals surface area contributed by atoms with Gasteiger partial charge in [-0.25, -0.2) is 8.42 Å². The average molecular weight is 488 g/mol. The largest absolute Gasteiger partial charge is 0.354 e. The smallest absolute Gasteiger partial charge is 0.244 e. The van der Waals surface area contributed by atoms with Gasteiger partial charge in [0.2, 0.25) is 21.8 Å². The molecule has 2 amide bonds. The zero-order valence-corrected chi connectivity index (χ0v) is 21.7. The summed E-state index contributed by atoms with van der Waals surface area (Å²) in [6.45, 7) is 7.99. The van der Waals surface area contributed by atoms with Crippen LogP contribution in [0.15, 0.2) is 48.5 Å². The van der Waals surface area contributed by atoms with Crippen molar-refractivity contribution in [2.24, 2.45) is 0 Å². The van der Waals surface area contributed by atoms with Crippen molar-refractivity contribution in [1.82, 2.24) is 10.2 Å². The summed E-state index contributed by atoms with van der Waals surface area (Å²) < 4.78 is 26.6. The highest BCUT2D eigenvalue weighted by Crippen LogP contribution is 2.24. The maximum atomic E-state index is 13.6. The Labute approximate surface area is 204 Å². The van der Waals surface area contributed by atoms with Crippen LogP contribution in [0.1, 0.15) is 50.3 Å². The molecule has 0 bridgehead atoms. The Morgan fingerprint density at radius 2 is 1.68 bits per heavy atom. The molecule has 0 fully saturated rings. The van der Waals surface area contributed by atoms with Crippen LogP contribution in [-0.4, -0.2) is 50.5 Å². The standard InChI is InChI=1S/C26H37N3O4S/c1-6-8-17-27-26(31)21(4)28(18-22-15-13-20(3)14-16-22)25(30)19-29(34(5,32)33)24-12-10-9-11-23(24)7-2/h9-16,21H,6-8,17-19H2,1-5H3,(H,27,31). The molecule has 0 aliphatic carbocycles. The lowest BCUT2D eigenvalue weighted by Gasteiger charge is -2.32. The Bertz CT molecular complexity index is 1070. The summed E-state index contributed by atoms with van der Waals surface area (Å²) >= 11 is 0. The van der Waals surface area contributed by atoms with Gasteiger partial charge in [-0.3, -0.25) is 13.9 Å². The maximum Gasteiger partial charge on any atom is 0.244 e. The summed E-state index contributed by atoms with van der Waals surface area (Å²) in [6.07, 6.45) is 3.51. The van der Waals surface area contributed by atoms with Crippen LogP contribution in [0.4, 0.5) is 5.69 Å². The van der Waals surface area contributed by atoms with E-state index in [0.29, 0.717) is 18.7 Å². The van der Waals surface area contributed by atoms with Gasteiger partial charge in [0, 0.05) is 13.1 Å². The second-order valence-corrected chi connectivity index (χ2v) is 10.5. The first-order valence-corrected chi connectivity index (χ1v) is 13.6. The molecule has 0 spiro atoms. The molecule has 2 aromatic carbocycles. The second-order valence-electron chi connectivity index (χ2n) is 8.58. The van der Waals surface area contributed by atoms with Crippen molar-refractivity contribution in [2.45, 2.75) is 59.5 Å². The summed E-state index contributed by atoms with van der Waals surface area (Å²) in [4.78, 5) is 27.8. The van der Waals surface area contributed by atoms with Crippen LogP contribution < -0.4 is 9.62 Å². The van der Waals surface area contributed by atoms with Crippen molar-refractivity contribution < 1.29 is 18.0 Å². The lowest BCUT2D eigenvalue weighted by atomic mass is 10.1. The number of sulfonamides is 1. The Hall–Kier alpha value is -2.87. The lowest BCUT2D eigenvalue weighted by Crippen LogP contribution is -2.51. The van der Waals surface area contributed by atoms with E-state index in [9.17, 15) is 18.0 Å². The molecule has 8 heteroatoms. The molecule has 2 aromatic rings. The third-order valence-corrected chi connectivity index (χ3v) is 6.92. The zero-order chi connectivity index (χ0) is 25.3. The highest BCUT2D eigenvalue weighted by Gasteiger charge is 2.30. The number of amides is 2. The van der Waals surface area contributed by atoms with Crippen molar-refractivity contribution in [2.75, 3.05) is 23.7 Å². The molecule has 34 heavy (non-hydrogen) atoms. The second kappa shape index (κ2) is 12.6. The molecule has 2 rings (SSSR count). The number of nitrogens with zero attached hydrogens (tertiary/aromatic N) is 2. The number of rotatable bonds is 12. The Kier molecular flexibility index (Phi) is 10.1. The van der Waals surface area contributed by atoms with Crippen LogP contribution in [0.5, 0.6) is 0 Å². The van der Waals surface area contributed by atoms with E-state index in [-0.39, 0.29) is 19.0 Å². The third kappa shape index (κ3) is 7.58. The SMILES string of the molecule is CCCCNC(=O)C(C)N(Cc1ccc(C)cc1)C(=O)CN(c1ccccc1CC)S(C)(=O)=O. The van der Waals surface area contributed by atoms with Crippen LogP contribution >= 0.6 is 0 Å².